The van der Waals surface area contributed by atoms with Gasteiger partial charge in [-0.1, -0.05) is 31.2 Å². The highest BCUT2D eigenvalue weighted by molar-refractivity contribution is 5.77. The smallest absolute Gasteiger partial charge is 0.260 e. The number of hydrogen-bond acceptors (Lipinski definition) is 5. The van der Waals surface area contributed by atoms with Gasteiger partial charge in [0, 0.05) is 32.2 Å². The van der Waals surface area contributed by atoms with Crippen molar-refractivity contribution in [3.05, 3.63) is 63.7 Å². The number of hydrogen-bond donors (Lipinski definition) is 0. The minimum atomic E-state index is -0.247. The minimum absolute atomic E-state index is 0.0765. The van der Waals surface area contributed by atoms with E-state index < -0.39 is 0 Å². The second-order valence-electron chi connectivity index (χ2n) is 8.16. The molecule has 2 aromatic rings. The van der Waals surface area contributed by atoms with Crippen molar-refractivity contribution < 1.29 is 13.9 Å². The molecule has 3 heterocycles. The average Bonchev–Trinajstić information content (AvgIpc) is 2.73. The number of carbonyl (C=O) groups is 1. The number of ether oxygens (including phenoxy) is 1. The lowest BCUT2D eigenvalue weighted by molar-refractivity contribution is -0.134. The van der Waals surface area contributed by atoms with Gasteiger partial charge in [0.1, 0.15) is 12.0 Å². The van der Waals surface area contributed by atoms with Gasteiger partial charge in [0.15, 0.2) is 6.61 Å². The van der Waals surface area contributed by atoms with Gasteiger partial charge in [-0.3, -0.25) is 14.5 Å². The van der Waals surface area contributed by atoms with Gasteiger partial charge in [-0.15, -0.1) is 0 Å². The van der Waals surface area contributed by atoms with Crippen LogP contribution in [-0.2, 0) is 24.3 Å². The second-order valence-corrected chi connectivity index (χ2v) is 8.16. The Morgan fingerprint density at radius 3 is 2.69 bits per heavy atom. The Labute approximate surface area is 171 Å². The first-order valence-electron chi connectivity index (χ1n) is 10.4. The Morgan fingerprint density at radius 2 is 1.93 bits per heavy atom. The van der Waals surface area contributed by atoms with Gasteiger partial charge in [-0.25, -0.2) is 0 Å². The lowest BCUT2D eigenvalue weighted by atomic mass is 9.99. The van der Waals surface area contributed by atoms with Crippen molar-refractivity contribution in [3.8, 4) is 5.75 Å². The van der Waals surface area contributed by atoms with E-state index in [0.717, 1.165) is 45.4 Å². The molecular weight excluding hydrogens is 368 g/mol. The molecule has 6 nitrogen and oxygen atoms in total. The van der Waals surface area contributed by atoms with Crippen LogP contribution in [0.1, 0.15) is 36.7 Å². The van der Waals surface area contributed by atoms with Crippen molar-refractivity contribution in [1.29, 1.82) is 0 Å². The third-order valence-electron chi connectivity index (χ3n) is 5.93. The molecule has 2 aliphatic heterocycles. The zero-order chi connectivity index (χ0) is 20.2. The molecule has 0 aliphatic carbocycles. The van der Waals surface area contributed by atoms with E-state index in [-0.39, 0.29) is 23.7 Å². The predicted octanol–water partition coefficient (Wildman–Crippen LogP) is 2.84. The Morgan fingerprint density at radius 1 is 1.17 bits per heavy atom. The van der Waals surface area contributed by atoms with E-state index in [2.05, 4.69) is 36.1 Å². The quantitative estimate of drug-likeness (QED) is 0.778. The first-order valence-corrected chi connectivity index (χ1v) is 10.4. The maximum atomic E-state index is 12.4. The minimum Gasteiger partial charge on any atom is -0.477 e. The van der Waals surface area contributed by atoms with Crippen LogP contribution in [0.5, 0.6) is 5.75 Å². The molecule has 0 saturated carbocycles. The predicted molar refractivity (Wildman–Crippen MR) is 110 cm³/mol. The zero-order valence-electron chi connectivity index (χ0n) is 16.9. The number of carbonyl (C=O) groups excluding carboxylic acids is 1. The summed E-state index contributed by atoms with van der Waals surface area (Å²) in [7, 11) is 0. The molecule has 2 aliphatic rings. The van der Waals surface area contributed by atoms with Crippen LogP contribution in [0.3, 0.4) is 0 Å². The van der Waals surface area contributed by atoms with Gasteiger partial charge >= 0.3 is 0 Å². The largest absolute Gasteiger partial charge is 0.477 e. The fraction of sp³-hybridized carbons (Fsp3) is 0.478. The second kappa shape index (κ2) is 8.82. The van der Waals surface area contributed by atoms with Crippen LogP contribution in [-0.4, -0.2) is 41.9 Å². The van der Waals surface area contributed by atoms with E-state index in [1.807, 2.05) is 4.90 Å². The first kappa shape index (κ1) is 19.7. The highest BCUT2D eigenvalue weighted by Crippen LogP contribution is 2.20. The topological polar surface area (TPSA) is 63.0 Å². The van der Waals surface area contributed by atoms with E-state index in [0.29, 0.717) is 18.2 Å². The Bertz CT molecular complexity index is 915. The Hall–Kier alpha value is -2.60. The van der Waals surface area contributed by atoms with E-state index in [1.54, 1.807) is 0 Å². The summed E-state index contributed by atoms with van der Waals surface area (Å²) in [5.74, 6) is 1.29. The van der Waals surface area contributed by atoms with Crippen LogP contribution in [0.2, 0.25) is 0 Å². The lowest BCUT2D eigenvalue weighted by Gasteiger charge is -2.30. The van der Waals surface area contributed by atoms with Crippen LogP contribution in [0.15, 0.2) is 45.8 Å². The molecule has 0 bridgehead atoms. The number of likely N-dealkylation sites (tertiary alicyclic amines) is 1. The number of nitrogens with zero attached hydrogens (tertiary/aromatic N) is 2. The molecule has 0 N–H and O–H groups in total. The summed E-state index contributed by atoms with van der Waals surface area (Å²) < 4.78 is 11.1. The van der Waals surface area contributed by atoms with E-state index in [1.165, 1.54) is 23.5 Å². The molecule has 0 unspecified atom stereocenters. The number of rotatable bonds is 5. The maximum Gasteiger partial charge on any atom is 0.260 e. The van der Waals surface area contributed by atoms with Crippen LogP contribution in [0.25, 0.3) is 0 Å². The third kappa shape index (κ3) is 4.88. The van der Waals surface area contributed by atoms with Crippen LogP contribution in [0.4, 0.5) is 0 Å². The van der Waals surface area contributed by atoms with Gasteiger partial charge in [0.25, 0.3) is 5.91 Å². The molecule has 154 valence electrons. The molecular formula is C23H28N2O4. The summed E-state index contributed by atoms with van der Waals surface area (Å²) in [6.45, 7) is 5.96. The molecule has 6 heteroatoms. The van der Waals surface area contributed by atoms with E-state index in [4.69, 9.17) is 9.15 Å². The summed E-state index contributed by atoms with van der Waals surface area (Å²) in [6.07, 6.45) is 4.37. The molecule has 4 rings (SSSR count). The molecule has 29 heavy (non-hydrogen) atoms. The maximum absolute atomic E-state index is 12.4. The summed E-state index contributed by atoms with van der Waals surface area (Å²) in [6, 6.07) is 9.92. The van der Waals surface area contributed by atoms with Crippen molar-refractivity contribution in [3.63, 3.8) is 0 Å². The number of fused-ring (bicyclic) bond motifs is 1. The standard InChI is InChI=1S/C23H28N2O4/c1-17-6-10-25(11-7-17)23(27)16-29-22-15-28-20(12-21(22)26)14-24-9-8-18-4-2-3-5-19(18)13-24/h2-5,12,15,17H,6-11,13-14,16H2,1H3. The van der Waals surface area contributed by atoms with Crippen molar-refractivity contribution in [2.75, 3.05) is 26.2 Å². The number of benzene rings is 1. The highest BCUT2D eigenvalue weighted by Gasteiger charge is 2.21. The van der Waals surface area contributed by atoms with Crippen LogP contribution < -0.4 is 10.2 Å². The first-order chi connectivity index (χ1) is 14.1. The van der Waals surface area contributed by atoms with Gasteiger partial charge in [-0.2, -0.15) is 0 Å². The monoisotopic (exact) mass is 396 g/mol. The molecule has 0 spiro atoms. The molecule has 1 amide bonds. The van der Waals surface area contributed by atoms with Crippen molar-refractivity contribution in [1.82, 2.24) is 9.80 Å². The third-order valence-corrected chi connectivity index (χ3v) is 5.93. The summed E-state index contributed by atoms with van der Waals surface area (Å²) in [4.78, 5) is 28.7. The average molecular weight is 396 g/mol. The summed E-state index contributed by atoms with van der Waals surface area (Å²) in [5.41, 5.74) is 2.47. The van der Waals surface area contributed by atoms with Gasteiger partial charge in [-0.05, 0) is 36.3 Å². The molecule has 1 fully saturated rings. The zero-order valence-corrected chi connectivity index (χ0v) is 16.9. The highest BCUT2D eigenvalue weighted by atomic mass is 16.5. The molecule has 1 saturated heterocycles. The number of piperidine rings is 1. The molecule has 1 aromatic heterocycles. The number of amides is 1. The van der Waals surface area contributed by atoms with Gasteiger partial charge in [0.2, 0.25) is 11.2 Å². The Balaban J connectivity index is 1.31. The molecule has 0 atom stereocenters. The fourth-order valence-corrected chi connectivity index (χ4v) is 4.02. The van der Waals surface area contributed by atoms with Crippen molar-refractivity contribution >= 4 is 5.91 Å². The van der Waals surface area contributed by atoms with E-state index >= 15 is 0 Å². The lowest BCUT2D eigenvalue weighted by Crippen LogP contribution is -2.40. The fourth-order valence-electron chi connectivity index (χ4n) is 4.02. The van der Waals surface area contributed by atoms with Crippen LogP contribution in [0, 0.1) is 5.92 Å². The summed E-state index contributed by atoms with van der Waals surface area (Å²) in [5, 5.41) is 0. The molecule has 1 aromatic carbocycles. The van der Waals surface area contributed by atoms with Crippen molar-refractivity contribution in [2.45, 2.75) is 39.3 Å². The normalized spacial score (nSPS) is 17.8. The SMILES string of the molecule is CC1CCN(C(=O)COc2coc(CN3CCc4ccccc4C3)cc2=O)CC1. The van der Waals surface area contributed by atoms with Crippen molar-refractivity contribution in [2.24, 2.45) is 5.92 Å². The van der Waals surface area contributed by atoms with Crippen LogP contribution >= 0.6 is 0 Å². The summed E-state index contributed by atoms with van der Waals surface area (Å²) >= 11 is 0. The van der Waals surface area contributed by atoms with E-state index in [9.17, 15) is 9.59 Å². The van der Waals surface area contributed by atoms with Gasteiger partial charge in [0.05, 0.1) is 6.54 Å². The Kier molecular flexibility index (Phi) is 6.00. The van der Waals surface area contributed by atoms with Gasteiger partial charge < -0.3 is 14.1 Å². The molecule has 0 radical (unpaired) electrons.